The predicted molar refractivity (Wildman–Crippen MR) is 74.6 cm³/mol. The lowest BCUT2D eigenvalue weighted by Gasteiger charge is -2.14. The fourth-order valence-corrected chi connectivity index (χ4v) is 2.30. The number of aryl methyl sites for hydroxylation is 2. The molecule has 7 nitrogen and oxygen atoms in total. The minimum atomic E-state index is -0.136. The molecule has 1 aliphatic heterocycles. The van der Waals surface area contributed by atoms with Crippen molar-refractivity contribution >= 4 is 11.9 Å². The molecule has 2 aromatic rings. The van der Waals surface area contributed by atoms with Crippen LogP contribution in [0.2, 0.25) is 0 Å². The van der Waals surface area contributed by atoms with Gasteiger partial charge in [-0.1, -0.05) is 0 Å². The van der Waals surface area contributed by atoms with Crippen LogP contribution in [0.1, 0.15) is 22.7 Å². The van der Waals surface area contributed by atoms with Gasteiger partial charge in [0.15, 0.2) is 0 Å². The van der Waals surface area contributed by atoms with Crippen LogP contribution in [0.3, 0.4) is 0 Å². The van der Waals surface area contributed by atoms with Crippen molar-refractivity contribution in [3.8, 4) is 0 Å². The second-order valence-corrected chi connectivity index (χ2v) is 4.88. The molecule has 1 amide bonds. The number of anilines is 1. The van der Waals surface area contributed by atoms with Crippen LogP contribution in [0.4, 0.5) is 5.95 Å². The molecule has 0 spiro atoms. The van der Waals surface area contributed by atoms with E-state index in [1.807, 2.05) is 22.4 Å². The highest BCUT2D eigenvalue weighted by Gasteiger charge is 2.16. The van der Waals surface area contributed by atoms with Crippen LogP contribution in [0.15, 0.2) is 18.6 Å². The molecule has 0 fully saturated rings. The largest absolute Gasteiger partial charge is 0.356 e. The molecule has 0 atom stereocenters. The maximum atomic E-state index is 12.0. The lowest BCUT2D eigenvalue weighted by atomic mass is 10.3. The first-order valence-corrected chi connectivity index (χ1v) is 6.79. The molecule has 0 aliphatic carbocycles. The lowest BCUT2D eigenvalue weighted by molar-refractivity contribution is 0.0949. The zero-order valence-corrected chi connectivity index (χ0v) is 11.5. The molecule has 3 heterocycles. The van der Waals surface area contributed by atoms with E-state index in [4.69, 9.17) is 0 Å². The van der Waals surface area contributed by atoms with Crippen molar-refractivity contribution in [3.05, 3.63) is 30.1 Å². The van der Waals surface area contributed by atoms with Gasteiger partial charge >= 0.3 is 0 Å². The molecule has 2 aromatic heterocycles. The van der Waals surface area contributed by atoms with E-state index in [2.05, 4.69) is 20.6 Å². The van der Waals surface area contributed by atoms with Gasteiger partial charge in [-0.05, 0) is 6.42 Å². The minimum absolute atomic E-state index is 0.136. The van der Waals surface area contributed by atoms with E-state index in [-0.39, 0.29) is 5.91 Å². The summed E-state index contributed by atoms with van der Waals surface area (Å²) in [6, 6.07) is 0. The number of imidazole rings is 2. The monoisotopic (exact) mass is 274 g/mol. The third-order valence-corrected chi connectivity index (χ3v) is 3.42. The molecule has 20 heavy (non-hydrogen) atoms. The number of aromatic nitrogens is 4. The van der Waals surface area contributed by atoms with Gasteiger partial charge in [0.1, 0.15) is 11.5 Å². The summed E-state index contributed by atoms with van der Waals surface area (Å²) in [5, 5.41) is 6.06. The van der Waals surface area contributed by atoms with Gasteiger partial charge in [-0.3, -0.25) is 4.79 Å². The van der Waals surface area contributed by atoms with Gasteiger partial charge in [-0.25, -0.2) is 9.97 Å². The standard InChI is InChI=1S/C13H18N6O/c1-18-8-6-14-11(18)3-5-15-12(20)10-9-19-7-2-4-16-13(19)17-10/h6,8-9H,2-5,7H2,1H3,(H,15,20)(H,16,17). The van der Waals surface area contributed by atoms with Crippen LogP contribution in [0.25, 0.3) is 0 Å². The van der Waals surface area contributed by atoms with Crippen molar-refractivity contribution in [1.29, 1.82) is 0 Å². The summed E-state index contributed by atoms with van der Waals surface area (Å²) in [4.78, 5) is 20.6. The summed E-state index contributed by atoms with van der Waals surface area (Å²) in [6.07, 6.45) is 7.22. The summed E-state index contributed by atoms with van der Waals surface area (Å²) < 4.78 is 3.93. The molecule has 2 N–H and O–H groups in total. The molecular formula is C13H18N6O. The average Bonchev–Trinajstić information content (AvgIpc) is 3.05. The van der Waals surface area contributed by atoms with E-state index in [1.54, 1.807) is 12.4 Å². The normalized spacial score (nSPS) is 13.7. The first-order valence-electron chi connectivity index (χ1n) is 6.79. The minimum Gasteiger partial charge on any atom is -0.356 e. The zero-order chi connectivity index (χ0) is 13.9. The summed E-state index contributed by atoms with van der Waals surface area (Å²) in [7, 11) is 1.94. The summed E-state index contributed by atoms with van der Waals surface area (Å²) >= 11 is 0. The second-order valence-electron chi connectivity index (χ2n) is 4.88. The predicted octanol–water partition coefficient (Wildman–Crippen LogP) is 0.405. The van der Waals surface area contributed by atoms with Crippen molar-refractivity contribution in [2.24, 2.45) is 7.05 Å². The van der Waals surface area contributed by atoms with Gasteiger partial charge in [0.05, 0.1) is 0 Å². The molecular weight excluding hydrogens is 256 g/mol. The fourth-order valence-electron chi connectivity index (χ4n) is 2.30. The quantitative estimate of drug-likeness (QED) is 0.846. The highest BCUT2D eigenvalue weighted by atomic mass is 16.1. The summed E-state index contributed by atoms with van der Waals surface area (Å²) in [5.41, 5.74) is 0.467. The topological polar surface area (TPSA) is 76.8 Å². The Labute approximate surface area is 117 Å². The smallest absolute Gasteiger partial charge is 0.271 e. The third-order valence-electron chi connectivity index (χ3n) is 3.42. The molecule has 0 saturated heterocycles. The summed E-state index contributed by atoms with van der Waals surface area (Å²) in [5.74, 6) is 1.60. The Kier molecular flexibility index (Phi) is 3.41. The number of carbonyl (C=O) groups excluding carboxylic acids is 1. The first kappa shape index (κ1) is 12.7. The number of hydrogen-bond acceptors (Lipinski definition) is 4. The highest BCUT2D eigenvalue weighted by Crippen LogP contribution is 2.13. The van der Waals surface area contributed by atoms with Gasteiger partial charge < -0.3 is 19.8 Å². The van der Waals surface area contributed by atoms with Crippen molar-refractivity contribution in [3.63, 3.8) is 0 Å². The molecule has 0 bridgehead atoms. The molecule has 106 valence electrons. The Hall–Kier alpha value is -2.31. The van der Waals surface area contributed by atoms with Crippen LogP contribution in [0, 0.1) is 0 Å². The number of hydrogen-bond donors (Lipinski definition) is 2. The Balaban J connectivity index is 1.56. The van der Waals surface area contributed by atoms with Crippen molar-refractivity contribution < 1.29 is 4.79 Å². The maximum Gasteiger partial charge on any atom is 0.271 e. The average molecular weight is 274 g/mol. The Morgan fingerprint density at radius 3 is 3.20 bits per heavy atom. The Bertz CT molecular complexity index is 591. The molecule has 7 heteroatoms. The van der Waals surface area contributed by atoms with E-state index in [9.17, 15) is 4.79 Å². The van der Waals surface area contributed by atoms with Gasteiger partial charge in [0.2, 0.25) is 5.95 Å². The molecule has 0 saturated carbocycles. The van der Waals surface area contributed by atoms with E-state index in [0.717, 1.165) is 31.3 Å². The van der Waals surface area contributed by atoms with Gasteiger partial charge in [0.25, 0.3) is 5.91 Å². The van der Waals surface area contributed by atoms with Crippen LogP contribution in [-0.4, -0.2) is 38.1 Å². The van der Waals surface area contributed by atoms with E-state index in [0.29, 0.717) is 18.7 Å². The number of amides is 1. The highest BCUT2D eigenvalue weighted by molar-refractivity contribution is 5.92. The zero-order valence-electron chi connectivity index (χ0n) is 11.5. The number of nitrogens with zero attached hydrogens (tertiary/aromatic N) is 4. The SMILES string of the molecule is Cn1ccnc1CCNC(=O)c1cn2c(n1)NCCC2. The van der Waals surface area contributed by atoms with Crippen LogP contribution < -0.4 is 10.6 Å². The van der Waals surface area contributed by atoms with E-state index < -0.39 is 0 Å². The van der Waals surface area contributed by atoms with Crippen LogP contribution in [-0.2, 0) is 20.0 Å². The van der Waals surface area contributed by atoms with Crippen molar-refractivity contribution in [1.82, 2.24) is 24.4 Å². The number of rotatable bonds is 4. The Morgan fingerprint density at radius 1 is 1.55 bits per heavy atom. The number of fused-ring (bicyclic) bond motifs is 1. The molecule has 0 unspecified atom stereocenters. The second kappa shape index (κ2) is 5.36. The molecule has 1 aliphatic rings. The lowest BCUT2D eigenvalue weighted by Crippen LogP contribution is -2.26. The number of carbonyl (C=O) groups is 1. The van der Waals surface area contributed by atoms with E-state index >= 15 is 0 Å². The fraction of sp³-hybridized carbons (Fsp3) is 0.462. The maximum absolute atomic E-state index is 12.0. The van der Waals surface area contributed by atoms with Gasteiger partial charge in [-0.2, -0.15) is 0 Å². The number of nitrogens with one attached hydrogen (secondary N) is 2. The van der Waals surface area contributed by atoms with E-state index in [1.165, 1.54) is 0 Å². The van der Waals surface area contributed by atoms with Gasteiger partial charge in [0, 0.05) is 51.7 Å². The Morgan fingerprint density at radius 2 is 2.45 bits per heavy atom. The molecule has 0 radical (unpaired) electrons. The van der Waals surface area contributed by atoms with Crippen molar-refractivity contribution in [2.45, 2.75) is 19.4 Å². The first-order chi connectivity index (χ1) is 9.74. The molecule has 3 rings (SSSR count). The third kappa shape index (κ3) is 2.52. The van der Waals surface area contributed by atoms with Crippen LogP contribution in [0.5, 0.6) is 0 Å². The molecule has 0 aromatic carbocycles. The van der Waals surface area contributed by atoms with Gasteiger partial charge in [-0.15, -0.1) is 0 Å². The van der Waals surface area contributed by atoms with Crippen molar-refractivity contribution in [2.75, 3.05) is 18.4 Å². The summed E-state index contributed by atoms with van der Waals surface area (Å²) in [6.45, 7) is 2.38. The van der Waals surface area contributed by atoms with Crippen LogP contribution >= 0.6 is 0 Å².